The molecule has 0 aliphatic heterocycles. The monoisotopic (exact) mass is 191 g/mol. The van der Waals surface area contributed by atoms with Gasteiger partial charge < -0.3 is 5.32 Å². The van der Waals surface area contributed by atoms with E-state index in [1.165, 1.54) is 24.1 Å². The van der Waals surface area contributed by atoms with Crippen LogP contribution in [0, 0.1) is 0 Å². The second-order valence-electron chi connectivity index (χ2n) is 4.82. The van der Waals surface area contributed by atoms with Gasteiger partial charge in [-0.15, -0.1) is 0 Å². The third-order valence-corrected chi connectivity index (χ3v) is 2.01. The number of hydrogen-bond donors (Lipinski definition) is 1. The molecule has 14 heavy (non-hydrogen) atoms. The van der Waals surface area contributed by atoms with Gasteiger partial charge in [-0.05, 0) is 44.9 Å². The second kappa shape index (κ2) is 4.50. The Balaban J connectivity index is 2.64. The molecule has 0 saturated carbocycles. The van der Waals surface area contributed by atoms with E-state index in [0.29, 0.717) is 0 Å². The Morgan fingerprint density at radius 3 is 2.07 bits per heavy atom. The third kappa shape index (κ3) is 3.82. The molecule has 0 bridgehead atoms. The Morgan fingerprint density at radius 1 is 1.07 bits per heavy atom. The lowest BCUT2D eigenvalue weighted by Crippen LogP contribution is -2.25. The van der Waals surface area contributed by atoms with E-state index in [4.69, 9.17) is 0 Å². The van der Waals surface area contributed by atoms with E-state index in [9.17, 15) is 0 Å². The maximum absolute atomic E-state index is 3.45. The molecule has 1 nitrogen and oxygen atoms in total. The first-order valence-electron chi connectivity index (χ1n) is 5.38. The summed E-state index contributed by atoms with van der Waals surface area (Å²) in [6, 6.07) is 8.74. The number of rotatable bonds is 3. The van der Waals surface area contributed by atoms with Crippen LogP contribution in [0.25, 0.3) is 0 Å². The molecule has 0 radical (unpaired) electrons. The van der Waals surface area contributed by atoms with Crippen molar-refractivity contribution in [1.82, 2.24) is 0 Å². The minimum atomic E-state index is 0.145. The molecular weight excluding hydrogens is 170 g/mol. The molecule has 0 spiro atoms. The first-order chi connectivity index (χ1) is 6.51. The van der Waals surface area contributed by atoms with E-state index in [-0.39, 0.29) is 5.54 Å². The van der Waals surface area contributed by atoms with Gasteiger partial charge in [-0.1, -0.05) is 25.5 Å². The topological polar surface area (TPSA) is 12.0 Å². The fourth-order valence-electron chi connectivity index (χ4n) is 1.48. The summed E-state index contributed by atoms with van der Waals surface area (Å²) in [5.41, 5.74) is 2.77. The lowest BCUT2D eigenvalue weighted by atomic mass is 10.1. The van der Waals surface area contributed by atoms with E-state index in [2.05, 4.69) is 57.3 Å². The van der Waals surface area contributed by atoms with Crippen LogP contribution in [0.4, 0.5) is 5.69 Å². The third-order valence-electron chi connectivity index (χ3n) is 2.01. The van der Waals surface area contributed by atoms with Crippen LogP contribution in [0.2, 0.25) is 0 Å². The predicted octanol–water partition coefficient (Wildman–Crippen LogP) is 3.85. The van der Waals surface area contributed by atoms with Crippen LogP contribution >= 0.6 is 0 Å². The fraction of sp³-hybridized carbons (Fsp3) is 0.538. The zero-order valence-electron chi connectivity index (χ0n) is 9.72. The smallest absolute Gasteiger partial charge is 0.0344 e. The minimum absolute atomic E-state index is 0.145. The molecule has 0 aliphatic carbocycles. The molecule has 0 saturated heterocycles. The van der Waals surface area contributed by atoms with Crippen molar-refractivity contribution in [1.29, 1.82) is 0 Å². The van der Waals surface area contributed by atoms with Crippen LogP contribution in [0.15, 0.2) is 24.3 Å². The molecule has 0 aliphatic rings. The number of anilines is 1. The van der Waals surface area contributed by atoms with Crippen molar-refractivity contribution in [3.63, 3.8) is 0 Å². The van der Waals surface area contributed by atoms with Gasteiger partial charge in [-0.2, -0.15) is 0 Å². The highest BCUT2D eigenvalue weighted by atomic mass is 14.9. The largest absolute Gasteiger partial charge is 0.380 e. The summed E-state index contributed by atoms with van der Waals surface area (Å²) in [6.07, 6.45) is 2.39. The molecule has 1 aromatic rings. The number of nitrogens with one attached hydrogen (secondary N) is 1. The molecule has 1 rings (SSSR count). The van der Waals surface area contributed by atoms with Crippen LogP contribution in [0.5, 0.6) is 0 Å². The molecule has 0 heterocycles. The van der Waals surface area contributed by atoms with Crippen molar-refractivity contribution < 1.29 is 0 Å². The lowest BCUT2D eigenvalue weighted by Gasteiger charge is -2.22. The molecular formula is C13H21N. The van der Waals surface area contributed by atoms with Gasteiger partial charge in [0.25, 0.3) is 0 Å². The van der Waals surface area contributed by atoms with Gasteiger partial charge in [-0.3, -0.25) is 0 Å². The summed E-state index contributed by atoms with van der Waals surface area (Å²) in [6.45, 7) is 8.73. The Bertz CT molecular complexity index is 266. The van der Waals surface area contributed by atoms with Gasteiger partial charge >= 0.3 is 0 Å². The summed E-state index contributed by atoms with van der Waals surface area (Å²) in [7, 11) is 0. The number of aryl methyl sites for hydroxylation is 1. The van der Waals surface area contributed by atoms with Crippen LogP contribution < -0.4 is 5.32 Å². The van der Waals surface area contributed by atoms with Gasteiger partial charge in [-0.25, -0.2) is 0 Å². The SMILES string of the molecule is CCCc1ccc(NC(C)(C)C)cc1. The quantitative estimate of drug-likeness (QED) is 0.765. The first-order valence-corrected chi connectivity index (χ1v) is 5.38. The molecule has 1 N–H and O–H groups in total. The van der Waals surface area contributed by atoms with Crippen LogP contribution in [-0.2, 0) is 6.42 Å². The highest BCUT2D eigenvalue weighted by Gasteiger charge is 2.08. The molecule has 0 aromatic heterocycles. The minimum Gasteiger partial charge on any atom is -0.380 e. The molecule has 1 heteroatoms. The van der Waals surface area contributed by atoms with Crippen LogP contribution in [0.1, 0.15) is 39.7 Å². The molecule has 0 amide bonds. The van der Waals surface area contributed by atoms with Crippen molar-refractivity contribution in [3.8, 4) is 0 Å². The van der Waals surface area contributed by atoms with Gasteiger partial charge in [0.2, 0.25) is 0 Å². The van der Waals surface area contributed by atoms with Crippen molar-refractivity contribution in [2.75, 3.05) is 5.32 Å². The molecule has 78 valence electrons. The van der Waals surface area contributed by atoms with Crippen molar-refractivity contribution >= 4 is 5.69 Å². The average Bonchev–Trinajstić information content (AvgIpc) is 2.06. The fourth-order valence-corrected chi connectivity index (χ4v) is 1.48. The Morgan fingerprint density at radius 2 is 1.64 bits per heavy atom. The van der Waals surface area contributed by atoms with Gasteiger partial charge in [0.05, 0.1) is 0 Å². The van der Waals surface area contributed by atoms with E-state index >= 15 is 0 Å². The summed E-state index contributed by atoms with van der Waals surface area (Å²) in [5.74, 6) is 0. The number of hydrogen-bond acceptors (Lipinski definition) is 1. The van der Waals surface area contributed by atoms with Gasteiger partial charge in [0.15, 0.2) is 0 Å². The summed E-state index contributed by atoms with van der Waals surface area (Å²) >= 11 is 0. The number of benzene rings is 1. The zero-order chi connectivity index (χ0) is 10.6. The van der Waals surface area contributed by atoms with E-state index in [1.807, 2.05) is 0 Å². The van der Waals surface area contributed by atoms with Crippen molar-refractivity contribution in [2.45, 2.75) is 46.1 Å². The maximum Gasteiger partial charge on any atom is 0.0344 e. The van der Waals surface area contributed by atoms with Gasteiger partial charge in [0.1, 0.15) is 0 Å². The van der Waals surface area contributed by atoms with E-state index in [0.717, 1.165) is 0 Å². The zero-order valence-corrected chi connectivity index (χ0v) is 9.72. The molecule has 0 unspecified atom stereocenters. The van der Waals surface area contributed by atoms with E-state index < -0.39 is 0 Å². The normalized spacial score (nSPS) is 11.4. The average molecular weight is 191 g/mol. The highest BCUT2D eigenvalue weighted by Crippen LogP contribution is 2.15. The summed E-state index contributed by atoms with van der Waals surface area (Å²) in [4.78, 5) is 0. The Hall–Kier alpha value is -0.980. The van der Waals surface area contributed by atoms with Crippen LogP contribution in [0.3, 0.4) is 0 Å². The highest BCUT2D eigenvalue weighted by molar-refractivity contribution is 5.46. The summed E-state index contributed by atoms with van der Waals surface area (Å²) < 4.78 is 0. The molecule has 0 atom stereocenters. The Kier molecular flexibility index (Phi) is 3.56. The Labute approximate surface area is 87.5 Å². The van der Waals surface area contributed by atoms with Gasteiger partial charge in [0, 0.05) is 11.2 Å². The molecule has 1 aromatic carbocycles. The van der Waals surface area contributed by atoms with Crippen molar-refractivity contribution in [3.05, 3.63) is 29.8 Å². The molecule has 0 fully saturated rings. The standard InChI is InChI=1S/C13H21N/c1-5-6-11-7-9-12(10-8-11)14-13(2,3)4/h7-10,14H,5-6H2,1-4H3. The van der Waals surface area contributed by atoms with Crippen LogP contribution in [-0.4, -0.2) is 5.54 Å². The van der Waals surface area contributed by atoms with E-state index in [1.54, 1.807) is 0 Å². The second-order valence-corrected chi connectivity index (χ2v) is 4.82. The summed E-state index contributed by atoms with van der Waals surface area (Å²) in [5, 5.41) is 3.45. The first kappa shape index (κ1) is 11.1. The van der Waals surface area contributed by atoms with Crippen molar-refractivity contribution in [2.24, 2.45) is 0 Å². The predicted molar refractivity (Wildman–Crippen MR) is 63.8 cm³/mol. The maximum atomic E-state index is 3.45. The lowest BCUT2D eigenvalue weighted by molar-refractivity contribution is 0.634.